The van der Waals surface area contributed by atoms with Crippen LogP contribution >= 0.6 is 39.3 Å². The predicted octanol–water partition coefficient (Wildman–Crippen LogP) is 5.28. The molecule has 2 rings (SSSR count). The number of rotatable bonds is 9. The minimum atomic E-state index is -0.572. The van der Waals surface area contributed by atoms with Gasteiger partial charge >= 0.3 is 0 Å². The first kappa shape index (κ1) is 23.8. The van der Waals surface area contributed by atoms with Crippen molar-refractivity contribution in [1.82, 2.24) is 10.2 Å². The smallest absolute Gasteiger partial charge is 0.242 e. The van der Waals surface area contributed by atoms with E-state index in [0.29, 0.717) is 17.3 Å². The molecule has 1 atom stereocenters. The molecule has 0 aromatic heterocycles. The molecule has 2 amide bonds. The summed E-state index contributed by atoms with van der Waals surface area (Å²) in [5, 5.41) is 3.50. The van der Waals surface area contributed by atoms with Gasteiger partial charge in [0.15, 0.2) is 0 Å². The van der Waals surface area contributed by atoms with Crippen molar-refractivity contribution in [3.8, 4) is 0 Å². The van der Waals surface area contributed by atoms with Gasteiger partial charge in [-0.3, -0.25) is 9.59 Å². The third-order valence-electron chi connectivity index (χ3n) is 4.25. The van der Waals surface area contributed by atoms with Crippen LogP contribution in [0.3, 0.4) is 0 Å². The van der Waals surface area contributed by atoms with Gasteiger partial charge in [-0.2, -0.15) is 0 Å². The molecule has 0 aliphatic carbocycles. The van der Waals surface area contributed by atoms with Crippen LogP contribution in [-0.4, -0.2) is 34.6 Å². The van der Waals surface area contributed by atoms with E-state index in [4.69, 9.17) is 11.6 Å². The summed E-state index contributed by atoms with van der Waals surface area (Å²) in [6, 6.07) is 14.9. The summed E-state index contributed by atoms with van der Waals surface area (Å²) >= 11 is 11.1. The predicted molar refractivity (Wildman–Crippen MR) is 125 cm³/mol. The molecular formula is C22H26BrClN2O2S. The maximum Gasteiger partial charge on any atom is 0.242 e. The third-order valence-corrected chi connectivity index (χ3v) is 6.00. The largest absolute Gasteiger partial charge is 0.352 e. The Bertz CT molecular complexity index is 830. The Balaban J connectivity index is 2.06. The van der Waals surface area contributed by atoms with Crippen molar-refractivity contribution in [2.75, 3.05) is 5.75 Å². The molecular weight excluding hydrogens is 472 g/mol. The molecule has 2 aromatic rings. The van der Waals surface area contributed by atoms with E-state index < -0.39 is 6.04 Å². The summed E-state index contributed by atoms with van der Waals surface area (Å²) in [7, 11) is 0. The van der Waals surface area contributed by atoms with Gasteiger partial charge in [-0.1, -0.05) is 51.8 Å². The highest BCUT2D eigenvalue weighted by atomic mass is 79.9. The molecule has 29 heavy (non-hydrogen) atoms. The molecule has 4 nitrogen and oxygen atoms in total. The number of hydrogen-bond acceptors (Lipinski definition) is 3. The van der Waals surface area contributed by atoms with E-state index in [1.165, 1.54) is 0 Å². The molecule has 0 heterocycles. The van der Waals surface area contributed by atoms with Crippen molar-refractivity contribution in [1.29, 1.82) is 0 Å². The molecule has 0 bridgehead atoms. The van der Waals surface area contributed by atoms with Crippen LogP contribution in [0.4, 0.5) is 0 Å². The van der Waals surface area contributed by atoms with Gasteiger partial charge in [0.25, 0.3) is 0 Å². The second kappa shape index (κ2) is 11.6. The van der Waals surface area contributed by atoms with E-state index in [9.17, 15) is 9.59 Å². The molecule has 0 aliphatic rings. The minimum Gasteiger partial charge on any atom is -0.352 e. The lowest BCUT2D eigenvalue weighted by atomic mass is 10.1. The molecule has 0 unspecified atom stereocenters. The van der Waals surface area contributed by atoms with Crippen LogP contribution in [0.5, 0.6) is 0 Å². The van der Waals surface area contributed by atoms with Crippen LogP contribution in [-0.2, 0) is 21.9 Å². The van der Waals surface area contributed by atoms with E-state index in [2.05, 4.69) is 21.2 Å². The summed E-state index contributed by atoms with van der Waals surface area (Å²) in [6.07, 6.45) is 0. The van der Waals surface area contributed by atoms with E-state index >= 15 is 0 Å². The Morgan fingerprint density at radius 2 is 1.79 bits per heavy atom. The normalized spacial score (nSPS) is 11.9. The summed E-state index contributed by atoms with van der Waals surface area (Å²) < 4.78 is 1.03. The average molecular weight is 498 g/mol. The molecule has 2 aromatic carbocycles. The van der Waals surface area contributed by atoms with Crippen LogP contribution in [0.1, 0.15) is 31.9 Å². The number of benzene rings is 2. The average Bonchev–Trinajstić information content (AvgIpc) is 2.66. The Morgan fingerprint density at radius 1 is 1.10 bits per heavy atom. The van der Waals surface area contributed by atoms with Gasteiger partial charge in [0.05, 0.1) is 5.75 Å². The van der Waals surface area contributed by atoms with Crippen LogP contribution in [0.25, 0.3) is 0 Å². The number of carbonyl (C=O) groups excluding carboxylic acids is 2. The number of halogens is 2. The lowest BCUT2D eigenvalue weighted by Gasteiger charge is -2.29. The number of thioether (sulfide) groups is 1. The highest BCUT2D eigenvalue weighted by Gasteiger charge is 2.26. The van der Waals surface area contributed by atoms with Gasteiger partial charge < -0.3 is 10.2 Å². The third kappa shape index (κ3) is 8.03. The SMILES string of the molecule is CC(C)NC(=O)[C@@H](C)N(Cc1cccc(Cl)c1)C(=O)CSCc1ccc(Br)cc1. The molecule has 0 fully saturated rings. The lowest BCUT2D eigenvalue weighted by Crippen LogP contribution is -2.49. The van der Waals surface area contributed by atoms with Crippen molar-refractivity contribution >= 4 is 51.1 Å². The molecule has 0 aliphatic heterocycles. The van der Waals surface area contributed by atoms with Gasteiger partial charge in [0, 0.05) is 27.8 Å². The van der Waals surface area contributed by atoms with Gasteiger partial charge in [0.2, 0.25) is 11.8 Å². The summed E-state index contributed by atoms with van der Waals surface area (Å²) in [6.45, 7) is 5.91. The standard InChI is InChI=1S/C22H26BrClN2O2S/c1-15(2)25-22(28)16(3)26(12-18-5-4-6-20(24)11-18)21(27)14-29-13-17-7-9-19(23)10-8-17/h4-11,15-16H,12-14H2,1-3H3,(H,25,28)/t16-/m1/s1. The molecule has 0 spiro atoms. The van der Waals surface area contributed by atoms with E-state index in [1.54, 1.807) is 29.7 Å². The van der Waals surface area contributed by atoms with Crippen LogP contribution < -0.4 is 5.32 Å². The molecule has 1 N–H and O–H groups in total. The second-order valence-corrected chi connectivity index (χ2v) is 9.45. The second-order valence-electron chi connectivity index (χ2n) is 7.11. The van der Waals surface area contributed by atoms with Gasteiger partial charge in [-0.15, -0.1) is 11.8 Å². The van der Waals surface area contributed by atoms with E-state index in [0.717, 1.165) is 21.4 Å². The van der Waals surface area contributed by atoms with Crippen LogP contribution in [0, 0.1) is 0 Å². The maximum atomic E-state index is 13.0. The molecule has 0 radical (unpaired) electrons. The number of nitrogens with zero attached hydrogens (tertiary/aromatic N) is 1. The number of hydrogen-bond donors (Lipinski definition) is 1. The van der Waals surface area contributed by atoms with Crippen LogP contribution in [0.2, 0.25) is 5.02 Å². The first-order valence-electron chi connectivity index (χ1n) is 9.42. The Labute approximate surface area is 190 Å². The van der Waals surface area contributed by atoms with Crippen molar-refractivity contribution in [2.45, 2.75) is 45.2 Å². The topological polar surface area (TPSA) is 49.4 Å². The molecule has 0 saturated carbocycles. The minimum absolute atomic E-state index is 0.0138. The molecule has 0 saturated heterocycles. The number of carbonyl (C=O) groups is 2. The Morgan fingerprint density at radius 3 is 2.41 bits per heavy atom. The fourth-order valence-electron chi connectivity index (χ4n) is 2.74. The van der Waals surface area contributed by atoms with E-state index in [1.807, 2.05) is 56.3 Å². The zero-order valence-corrected chi connectivity index (χ0v) is 20.0. The first-order chi connectivity index (χ1) is 13.8. The fourth-order valence-corrected chi connectivity index (χ4v) is 4.09. The quantitative estimate of drug-likeness (QED) is 0.513. The van der Waals surface area contributed by atoms with Crippen molar-refractivity contribution < 1.29 is 9.59 Å². The van der Waals surface area contributed by atoms with Gasteiger partial charge in [0.1, 0.15) is 6.04 Å². The summed E-state index contributed by atoms with van der Waals surface area (Å²) in [5.74, 6) is 0.804. The van der Waals surface area contributed by atoms with Gasteiger partial charge in [-0.05, 0) is 56.2 Å². The van der Waals surface area contributed by atoms with Crippen molar-refractivity contribution in [2.24, 2.45) is 0 Å². The highest BCUT2D eigenvalue weighted by Crippen LogP contribution is 2.19. The monoisotopic (exact) mass is 496 g/mol. The van der Waals surface area contributed by atoms with Gasteiger partial charge in [-0.25, -0.2) is 0 Å². The molecule has 156 valence electrons. The first-order valence-corrected chi connectivity index (χ1v) is 11.8. The lowest BCUT2D eigenvalue weighted by molar-refractivity contribution is -0.138. The van der Waals surface area contributed by atoms with E-state index in [-0.39, 0.29) is 17.9 Å². The maximum absolute atomic E-state index is 13.0. The molecule has 7 heteroatoms. The Hall–Kier alpha value is -1.50. The number of nitrogens with one attached hydrogen (secondary N) is 1. The van der Waals surface area contributed by atoms with Crippen molar-refractivity contribution in [3.63, 3.8) is 0 Å². The van der Waals surface area contributed by atoms with Crippen LogP contribution in [0.15, 0.2) is 53.0 Å². The number of amides is 2. The fraction of sp³-hybridized carbons (Fsp3) is 0.364. The summed E-state index contributed by atoms with van der Waals surface area (Å²) in [4.78, 5) is 27.2. The zero-order chi connectivity index (χ0) is 21.4. The summed E-state index contributed by atoms with van der Waals surface area (Å²) in [5.41, 5.74) is 2.05. The highest BCUT2D eigenvalue weighted by molar-refractivity contribution is 9.10. The zero-order valence-electron chi connectivity index (χ0n) is 16.8. The Kier molecular flexibility index (Phi) is 9.53. The van der Waals surface area contributed by atoms with Crippen molar-refractivity contribution in [3.05, 3.63) is 69.2 Å².